The first kappa shape index (κ1) is 18.6. The molecule has 0 saturated carbocycles. The summed E-state index contributed by atoms with van der Waals surface area (Å²) in [6.45, 7) is 2.05. The van der Waals surface area contributed by atoms with E-state index in [9.17, 15) is 10.1 Å². The number of nitro groups is 1. The van der Waals surface area contributed by atoms with Crippen molar-refractivity contribution in [1.82, 2.24) is 4.98 Å². The summed E-state index contributed by atoms with van der Waals surface area (Å²) in [7, 11) is 0. The van der Waals surface area contributed by atoms with Gasteiger partial charge in [0.25, 0.3) is 5.69 Å². The number of hydrogen-bond donors (Lipinski definition) is 0. The Labute approximate surface area is 169 Å². The number of nitrogens with zero attached hydrogens (tertiary/aromatic N) is 2. The van der Waals surface area contributed by atoms with Gasteiger partial charge in [-0.3, -0.25) is 15.1 Å². The van der Waals surface area contributed by atoms with E-state index < -0.39 is 0 Å². The smallest absolute Gasteiger partial charge is 0.261 e. The van der Waals surface area contributed by atoms with Gasteiger partial charge in [-0.25, -0.2) is 0 Å². The highest BCUT2D eigenvalue weighted by molar-refractivity contribution is 5.90. The Balaban J connectivity index is 2.01. The lowest BCUT2D eigenvalue weighted by atomic mass is 9.86. The number of hydrogen-bond acceptors (Lipinski definition) is 3. The number of benzene rings is 3. The van der Waals surface area contributed by atoms with Crippen molar-refractivity contribution < 1.29 is 4.92 Å². The maximum absolute atomic E-state index is 11.8. The summed E-state index contributed by atoms with van der Waals surface area (Å²) in [6.07, 6.45) is 2.37. The van der Waals surface area contributed by atoms with Crippen molar-refractivity contribution in [3.63, 3.8) is 0 Å². The second kappa shape index (κ2) is 8.07. The molecule has 1 heterocycles. The van der Waals surface area contributed by atoms with Crippen LogP contribution >= 0.6 is 0 Å². The monoisotopic (exact) mass is 380 g/mol. The zero-order valence-corrected chi connectivity index (χ0v) is 16.1. The lowest BCUT2D eigenvalue weighted by Gasteiger charge is -2.17. The van der Waals surface area contributed by atoms with Gasteiger partial charge in [-0.05, 0) is 47.4 Å². The van der Waals surface area contributed by atoms with Crippen LogP contribution < -0.4 is 0 Å². The van der Waals surface area contributed by atoms with E-state index in [-0.39, 0.29) is 10.6 Å². The zero-order chi connectivity index (χ0) is 20.2. The molecule has 0 aliphatic carbocycles. The van der Waals surface area contributed by atoms with E-state index in [1.807, 2.05) is 60.7 Å². The second-order valence-electron chi connectivity index (χ2n) is 6.98. The fraction of sp³-hybridized carbons (Fsp3) is 0.0800. The van der Waals surface area contributed by atoms with Crippen molar-refractivity contribution in [2.75, 3.05) is 0 Å². The van der Waals surface area contributed by atoms with Crippen molar-refractivity contribution in [1.29, 1.82) is 0 Å². The lowest BCUT2D eigenvalue weighted by Crippen LogP contribution is -2.00. The molecule has 0 unspecified atom stereocenters. The molecule has 142 valence electrons. The molecule has 3 aromatic carbocycles. The molecule has 4 heteroatoms. The van der Waals surface area contributed by atoms with E-state index in [0.717, 1.165) is 33.5 Å². The molecule has 0 atom stereocenters. The number of rotatable bonds is 5. The van der Waals surface area contributed by atoms with Crippen LogP contribution in [0.2, 0.25) is 0 Å². The highest BCUT2D eigenvalue weighted by atomic mass is 16.6. The molecule has 0 N–H and O–H groups in total. The summed E-state index contributed by atoms with van der Waals surface area (Å²) in [5.41, 5.74) is 6.71. The van der Waals surface area contributed by atoms with E-state index in [0.29, 0.717) is 12.0 Å². The third kappa shape index (κ3) is 3.92. The van der Waals surface area contributed by atoms with E-state index in [4.69, 9.17) is 0 Å². The maximum atomic E-state index is 11.8. The molecule has 0 aliphatic rings. The van der Waals surface area contributed by atoms with Crippen molar-refractivity contribution in [2.24, 2.45) is 0 Å². The van der Waals surface area contributed by atoms with Gasteiger partial charge in [-0.1, -0.05) is 66.2 Å². The molecule has 4 rings (SSSR count). The molecule has 0 radical (unpaired) electrons. The minimum absolute atomic E-state index is 0.107. The Bertz CT molecular complexity index is 1160. The van der Waals surface area contributed by atoms with Gasteiger partial charge >= 0.3 is 0 Å². The standard InChI is InChI=1S/C25H20N2O2/c1-18-15-20(17-21-11-7-8-14-26-21)25(22-12-5-6-13-24(22)27(28)29)23(16-18)19-9-3-2-4-10-19/h2-16H,17H2,1H3. The number of aromatic nitrogens is 1. The van der Waals surface area contributed by atoms with Gasteiger partial charge < -0.3 is 0 Å². The van der Waals surface area contributed by atoms with Crippen LogP contribution in [0.15, 0.2) is 91.1 Å². The molecular formula is C25H20N2O2. The Hall–Kier alpha value is -3.79. The first-order valence-corrected chi connectivity index (χ1v) is 9.46. The number of aryl methyl sites for hydroxylation is 1. The summed E-state index contributed by atoms with van der Waals surface area (Å²) in [5, 5.41) is 11.8. The third-order valence-corrected chi connectivity index (χ3v) is 4.92. The van der Waals surface area contributed by atoms with E-state index in [1.54, 1.807) is 18.3 Å². The summed E-state index contributed by atoms with van der Waals surface area (Å²) in [4.78, 5) is 15.9. The SMILES string of the molecule is Cc1cc(Cc2ccccn2)c(-c2ccccc2[N+](=O)[O-])c(-c2ccccc2)c1. The third-order valence-electron chi connectivity index (χ3n) is 4.92. The first-order chi connectivity index (χ1) is 14.1. The van der Waals surface area contributed by atoms with Crippen molar-refractivity contribution in [3.05, 3.63) is 118 Å². The lowest BCUT2D eigenvalue weighted by molar-refractivity contribution is -0.384. The average molecular weight is 380 g/mol. The van der Waals surface area contributed by atoms with Crippen LogP contribution in [0, 0.1) is 17.0 Å². The fourth-order valence-electron chi connectivity index (χ4n) is 3.71. The van der Waals surface area contributed by atoms with Gasteiger partial charge in [0.1, 0.15) is 0 Å². The van der Waals surface area contributed by atoms with Crippen molar-refractivity contribution in [3.8, 4) is 22.3 Å². The van der Waals surface area contributed by atoms with Crippen molar-refractivity contribution >= 4 is 5.69 Å². The normalized spacial score (nSPS) is 10.7. The molecule has 0 spiro atoms. The molecule has 1 aromatic heterocycles. The van der Waals surface area contributed by atoms with E-state index in [1.165, 1.54) is 0 Å². The molecule has 0 amide bonds. The summed E-state index contributed by atoms with van der Waals surface area (Å²) in [5.74, 6) is 0. The average Bonchev–Trinajstić information content (AvgIpc) is 2.75. The van der Waals surface area contributed by atoms with Crippen molar-refractivity contribution in [2.45, 2.75) is 13.3 Å². The number of para-hydroxylation sites is 1. The minimum Gasteiger partial charge on any atom is -0.261 e. The summed E-state index contributed by atoms with van der Waals surface area (Å²) >= 11 is 0. The molecule has 0 bridgehead atoms. The summed E-state index contributed by atoms with van der Waals surface area (Å²) in [6, 6.07) is 27.0. The molecule has 4 aromatic rings. The van der Waals surface area contributed by atoms with Crippen LogP contribution in [0.4, 0.5) is 5.69 Å². The van der Waals surface area contributed by atoms with Crippen LogP contribution in [0.3, 0.4) is 0 Å². The predicted molar refractivity (Wildman–Crippen MR) is 116 cm³/mol. The molecule has 0 saturated heterocycles. The second-order valence-corrected chi connectivity index (χ2v) is 6.98. The van der Waals surface area contributed by atoms with Crippen LogP contribution in [-0.2, 0) is 6.42 Å². The van der Waals surface area contributed by atoms with Gasteiger partial charge in [-0.15, -0.1) is 0 Å². The number of pyridine rings is 1. The highest BCUT2D eigenvalue weighted by Gasteiger charge is 2.21. The van der Waals surface area contributed by atoms with Crippen LogP contribution in [0.5, 0.6) is 0 Å². The highest BCUT2D eigenvalue weighted by Crippen LogP contribution is 2.40. The molecule has 29 heavy (non-hydrogen) atoms. The molecular weight excluding hydrogens is 360 g/mol. The van der Waals surface area contributed by atoms with Crippen LogP contribution in [0.25, 0.3) is 22.3 Å². The van der Waals surface area contributed by atoms with E-state index in [2.05, 4.69) is 24.0 Å². The number of nitro benzene ring substituents is 1. The van der Waals surface area contributed by atoms with Crippen LogP contribution in [0.1, 0.15) is 16.8 Å². The molecule has 0 aliphatic heterocycles. The Kier molecular flexibility index (Phi) is 5.16. The maximum Gasteiger partial charge on any atom is 0.277 e. The molecule has 0 fully saturated rings. The topological polar surface area (TPSA) is 56.0 Å². The largest absolute Gasteiger partial charge is 0.277 e. The quantitative estimate of drug-likeness (QED) is 0.305. The zero-order valence-electron chi connectivity index (χ0n) is 16.1. The minimum atomic E-state index is -0.311. The van der Waals surface area contributed by atoms with Gasteiger partial charge in [0, 0.05) is 24.4 Å². The van der Waals surface area contributed by atoms with Gasteiger partial charge in [0.05, 0.1) is 10.5 Å². The van der Waals surface area contributed by atoms with Crippen LogP contribution in [-0.4, -0.2) is 9.91 Å². The predicted octanol–water partition coefficient (Wildman–Crippen LogP) is 6.22. The fourth-order valence-corrected chi connectivity index (χ4v) is 3.71. The Morgan fingerprint density at radius 1 is 0.862 bits per heavy atom. The first-order valence-electron chi connectivity index (χ1n) is 9.46. The van der Waals surface area contributed by atoms with Gasteiger partial charge in [-0.2, -0.15) is 0 Å². The van der Waals surface area contributed by atoms with Gasteiger partial charge in [0.15, 0.2) is 0 Å². The summed E-state index contributed by atoms with van der Waals surface area (Å²) < 4.78 is 0. The van der Waals surface area contributed by atoms with Gasteiger partial charge in [0.2, 0.25) is 0 Å². The Morgan fingerprint density at radius 2 is 1.59 bits per heavy atom. The Morgan fingerprint density at radius 3 is 2.31 bits per heavy atom. The van der Waals surface area contributed by atoms with E-state index >= 15 is 0 Å². The molecule has 4 nitrogen and oxygen atoms in total.